The number of nitrogens with two attached hydrogens (primary N) is 2. The molecule has 0 aliphatic heterocycles. The number of alkyl halides is 3. The van der Waals surface area contributed by atoms with Crippen LogP contribution in [-0.2, 0) is 31.9 Å². The highest BCUT2D eigenvalue weighted by Crippen LogP contribution is 2.13. The number of hydrogen-bond donors (Lipinski definition) is 4. The highest BCUT2D eigenvalue weighted by molar-refractivity contribution is 7.91. The van der Waals surface area contributed by atoms with Crippen LogP contribution < -0.4 is 27.1 Å². The Bertz CT molecular complexity index is 1610. The Hall–Kier alpha value is -4.58. The predicted octanol–water partition coefficient (Wildman–Crippen LogP) is 1.72. The number of Topliss-reactive ketones (excluding diaryl/α,β-unsaturated/α-hetero) is 1. The Labute approximate surface area is 254 Å². The Kier molecular flexibility index (Phi) is 13.2. The summed E-state index contributed by atoms with van der Waals surface area (Å²) in [6.07, 6.45) is -3.55. The van der Waals surface area contributed by atoms with E-state index in [1.807, 2.05) is 0 Å². The van der Waals surface area contributed by atoms with Gasteiger partial charge >= 0.3 is 6.18 Å². The molecule has 3 rings (SSSR count). The van der Waals surface area contributed by atoms with Crippen LogP contribution in [0.5, 0.6) is 0 Å². The summed E-state index contributed by atoms with van der Waals surface area (Å²) in [5, 5.41) is 4.55. The van der Waals surface area contributed by atoms with Crippen molar-refractivity contribution in [2.24, 2.45) is 16.5 Å². The van der Waals surface area contributed by atoms with E-state index in [1.54, 1.807) is 42.6 Å². The number of ketones is 1. The lowest BCUT2D eigenvalue weighted by atomic mass is 10.1. The van der Waals surface area contributed by atoms with Gasteiger partial charge in [-0.3, -0.25) is 28.9 Å². The number of aryl methyl sites for hydroxylation is 1. The summed E-state index contributed by atoms with van der Waals surface area (Å²) in [5.74, 6) is -1.37. The van der Waals surface area contributed by atoms with Gasteiger partial charge < -0.3 is 21.4 Å². The van der Waals surface area contributed by atoms with Gasteiger partial charge in [-0.2, -0.15) is 13.2 Å². The van der Waals surface area contributed by atoms with E-state index in [2.05, 4.69) is 20.0 Å². The molecule has 0 saturated carbocycles. The molecule has 0 spiro atoms. The number of carbonyl (C=O) groups excluding carboxylic acids is 3. The van der Waals surface area contributed by atoms with Crippen molar-refractivity contribution < 1.29 is 36.0 Å². The van der Waals surface area contributed by atoms with Crippen LogP contribution in [0.15, 0.2) is 63.8 Å². The average Bonchev–Trinajstić information content (AvgIpc) is 3.49. The van der Waals surface area contributed by atoms with Crippen LogP contribution in [0.25, 0.3) is 0 Å². The molecule has 18 heteroatoms. The lowest BCUT2D eigenvalue weighted by Gasteiger charge is -2.18. The van der Waals surface area contributed by atoms with Crippen LogP contribution in [0, 0.1) is 6.92 Å². The van der Waals surface area contributed by atoms with E-state index >= 15 is 0 Å². The number of pyridine rings is 1. The van der Waals surface area contributed by atoms with Gasteiger partial charge in [-0.1, -0.05) is 30.3 Å². The Morgan fingerprint density at radius 2 is 1.82 bits per heavy atom. The number of nitrogens with one attached hydrogen (secondary N) is 2. The number of aldehydes is 1. The first-order valence-corrected chi connectivity index (χ1v) is 15.2. The second-order valence-electron chi connectivity index (χ2n) is 9.06. The molecule has 44 heavy (non-hydrogen) atoms. The minimum atomic E-state index is -4.64. The van der Waals surface area contributed by atoms with Gasteiger partial charge in [-0.25, -0.2) is 13.4 Å². The lowest BCUT2D eigenvalue weighted by Crippen LogP contribution is -2.44. The fourth-order valence-corrected chi connectivity index (χ4v) is 5.42. The topological polar surface area (TPSA) is 209 Å². The summed E-state index contributed by atoms with van der Waals surface area (Å²) in [6.45, 7) is 1.46. The van der Waals surface area contributed by atoms with Gasteiger partial charge in [0.25, 0.3) is 5.56 Å². The lowest BCUT2D eigenvalue weighted by molar-refractivity contribution is -0.156. The normalized spacial score (nSPS) is 11.8. The fourth-order valence-electron chi connectivity index (χ4n) is 3.59. The summed E-state index contributed by atoms with van der Waals surface area (Å²) >= 11 is 1.15. The molecule has 6 N–H and O–H groups in total. The average molecular weight is 658 g/mol. The van der Waals surface area contributed by atoms with Crippen molar-refractivity contribution in [3.8, 4) is 0 Å². The molecule has 2 aromatic heterocycles. The minimum Gasteiger partial charge on any atom is -0.370 e. The van der Waals surface area contributed by atoms with Gasteiger partial charge in [-0.15, -0.1) is 11.3 Å². The molecule has 2 heterocycles. The maximum absolute atomic E-state index is 13.1. The number of aromatic nitrogens is 2. The third kappa shape index (κ3) is 12.3. The van der Waals surface area contributed by atoms with E-state index < -0.39 is 46.5 Å². The number of aliphatic imine (C=N–C) groups is 1. The number of sulfonamides is 1. The smallest absolute Gasteiger partial charge is 0.370 e. The summed E-state index contributed by atoms with van der Waals surface area (Å²) in [5.41, 5.74) is 10.8. The zero-order valence-corrected chi connectivity index (χ0v) is 24.9. The third-order valence-corrected chi connectivity index (χ3v) is 7.56. The highest BCUT2D eigenvalue weighted by Gasteiger charge is 2.25. The van der Waals surface area contributed by atoms with Crippen molar-refractivity contribution in [3.63, 3.8) is 0 Å². The quantitative estimate of drug-likeness (QED) is 0.0693. The zero-order valence-electron chi connectivity index (χ0n) is 23.3. The van der Waals surface area contributed by atoms with Gasteiger partial charge in [0.15, 0.2) is 11.0 Å². The van der Waals surface area contributed by atoms with Crippen LogP contribution in [0.2, 0.25) is 0 Å². The summed E-state index contributed by atoms with van der Waals surface area (Å²) in [4.78, 5) is 55.5. The van der Waals surface area contributed by atoms with Gasteiger partial charge in [0.05, 0.1) is 11.8 Å². The third-order valence-electron chi connectivity index (χ3n) is 5.53. The first kappa shape index (κ1) is 35.6. The molecule has 0 unspecified atom stereocenters. The van der Waals surface area contributed by atoms with Crippen molar-refractivity contribution >= 4 is 51.0 Å². The molecule has 238 valence electrons. The zero-order chi connectivity index (χ0) is 32.9. The van der Waals surface area contributed by atoms with Gasteiger partial charge in [0, 0.05) is 23.8 Å². The maximum atomic E-state index is 13.1. The van der Waals surface area contributed by atoms with Crippen LogP contribution in [0.4, 0.5) is 18.9 Å². The highest BCUT2D eigenvalue weighted by atomic mass is 32.2. The summed E-state index contributed by atoms with van der Waals surface area (Å²) < 4.78 is 60.0. The number of anilines is 1. The molecule has 1 aromatic carbocycles. The van der Waals surface area contributed by atoms with Crippen LogP contribution >= 0.6 is 11.3 Å². The van der Waals surface area contributed by atoms with Crippen LogP contribution in [0.3, 0.4) is 0 Å². The number of carbonyl (C=O) groups is 3. The molecule has 0 aliphatic carbocycles. The number of hydrogen-bond acceptors (Lipinski definition) is 9. The maximum Gasteiger partial charge on any atom is 0.446 e. The fraction of sp³-hybridized carbons (Fsp3) is 0.308. The van der Waals surface area contributed by atoms with Crippen molar-refractivity contribution in [3.05, 3.63) is 80.7 Å². The van der Waals surface area contributed by atoms with Gasteiger partial charge in [-0.05, 0) is 37.5 Å². The Morgan fingerprint density at radius 3 is 2.39 bits per heavy atom. The van der Waals surface area contributed by atoms with Crippen LogP contribution in [-0.4, -0.2) is 60.7 Å². The molecule has 13 nitrogen and oxygen atoms in total. The monoisotopic (exact) mass is 657 g/mol. The molecular weight excluding hydrogens is 627 g/mol. The van der Waals surface area contributed by atoms with Crippen molar-refractivity contribution in [2.75, 3.05) is 11.3 Å². The molecular formula is C26H30F3N7O6S2. The largest absolute Gasteiger partial charge is 0.446 e. The molecule has 0 bridgehead atoms. The number of rotatable bonds is 13. The van der Waals surface area contributed by atoms with Crippen molar-refractivity contribution in [1.29, 1.82) is 0 Å². The van der Waals surface area contributed by atoms with E-state index in [4.69, 9.17) is 16.3 Å². The minimum absolute atomic E-state index is 0.0778. The van der Waals surface area contributed by atoms with Crippen molar-refractivity contribution in [1.82, 2.24) is 14.9 Å². The van der Waals surface area contributed by atoms with Gasteiger partial charge in [0.2, 0.25) is 28.0 Å². The Balaban J connectivity index is 0.00000102. The number of benzene rings is 1. The first-order chi connectivity index (χ1) is 20.6. The van der Waals surface area contributed by atoms with E-state index in [-0.39, 0.29) is 41.2 Å². The van der Waals surface area contributed by atoms with Crippen LogP contribution in [0.1, 0.15) is 33.9 Å². The van der Waals surface area contributed by atoms with E-state index in [0.717, 1.165) is 15.9 Å². The predicted molar refractivity (Wildman–Crippen MR) is 159 cm³/mol. The molecule has 0 saturated heterocycles. The SMILES string of the molecule is Cc1ccc(NS(=O)(=O)Cc2ccccc2)c(=O)n1CC(=O)N[C@@H](CCCN=C(N)N)C(=O)c1nccs1.O=CC(F)(F)F. The van der Waals surface area contributed by atoms with Gasteiger partial charge in [0.1, 0.15) is 12.2 Å². The first-order valence-electron chi connectivity index (χ1n) is 12.7. The molecule has 3 aromatic rings. The number of guanidine groups is 1. The van der Waals surface area contributed by atoms with E-state index in [1.165, 1.54) is 18.3 Å². The molecule has 1 atom stereocenters. The number of amides is 1. The van der Waals surface area contributed by atoms with E-state index in [0.29, 0.717) is 17.7 Å². The Morgan fingerprint density at radius 1 is 1.16 bits per heavy atom. The molecule has 1 amide bonds. The molecule has 0 aliphatic rings. The van der Waals surface area contributed by atoms with Crippen molar-refractivity contribution in [2.45, 2.75) is 44.3 Å². The number of thiazole rings is 1. The number of nitrogens with zero attached hydrogens (tertiary/aromatic N) is 3. The number of halogens is 3. The second-order valence-corrected chi connectivity index (χ2v) is 11.7. The second kappa shape index (κ2) is 16.3. The standard InChI is InChI=1S/C24H29N7O5S2.C2HF3O/c1-16-9-10-19(30-38(35,36)15-17-6-3-2-4-7-17)23(34)31(16)14-20(32)29-18(8-5-11-28-24(25)26)21(33)22-27-12-13-37-22;3-2(4,5)1-6/h2-4,6-7,9-10,12-13,18,30H,5,8,11,14-15H2,1H3,(H,29,32)(H4,25,26,28);1H/t18-;/m0./s1. The molecule has 0 fully saturated rings. The van der Waals surface area contributed by atoms with E-state index in [9.17, 15) is 36.0 Å². The molecule has 0 radical (unpaired) electrons. The summed E-state index contributed by atoms with van der Waals surface area (Å²) in [6, 6.07) is 10.5. The summed E-state index contributed by atoms with van der Waals surface area (Å²) in [7, 11) is -3.89.